The number of halogens is 3. The molecule has 1 N–H and O–H groups in total. The van der Waals surface area contributed by atoms with E-state index in [2.05, 4.69) is 0 Å². The van der Waals surface area contributed by atoms with Gasteiger partial charge in [-0.2, -0.15) is 13.2 Å². The molecule has 19 heavy (non-hydrogen) atoms. The van der Waals surface area contributed by atoms with Crippen LogP contribution in [-0.2, 0) is 17.6 Å². The molecule has 104 valence electrons. The molecule has 0 heterocycles. The maximum absolute atomic E-state index is 12.5. The summed E-state index contributed by atoms with van der Waals surface area (Å²) >= 11 is 0.949. The lowest BCUT2D eigenvalue weighted by atomic mass is 10.1. The van der Waals surface area contributed by atoms with Crippen LogP contribution in [0.25, 0.3) is 0 Å². The fourth-order valence-electron chi connectivity index (χ4n) is 2.12. The van der Waals surface area contributed by atoms with E-state index in [1.54, 1.807) is 6.07 Å². The van der Waals surface area contributed by atoms with E-state index in [0.29, 0.717) is 4.90 Å². The number of aryl methyl sites for hydroxylation is 2. The van der Waals surface area contributed by atoms with Gasteiger partial charge >= 0.3 is 12.1 Å². The summed E-state index contributed by atoms with van der Waals surface area (Å²) in [4.78, 5) is 11.3. The number of fused-ring (bicyclic) bond motifs is 1. The first kappa shape index (κ1) is 14.2. The fraction of sp³-hybridized carbons (Fsp3) is 0.462. The van der Waals surface area contributed by atoms with Crippen molar-refractivity contribution in [3.63, 3.8) is 0 Å². The SMILES string of the molecule is O=C(O)C(CSc1ccc2c(c1)CCC2)C(F)(F)F. The molecule has 1 aliphatic rings. The molecule has 0 bridgehead atoms. The highest BCUT2D eigenvalue weighted by atomic mass is 32.2. The van der Waals surface area contributed by atoms with Gasteiger partial charge in [0.05, 0.1) is 0 Å². The Morgan fingerprint density at radius 3 is 2.63 bits per heavy atom. The largest absolute Gasteiger partial charge is 0.481 e. The van der Waals surface area contributed by atoms with Gasteiger partial charge in [0.2, 0.25) is 0 Å². The van der Waals surface area contributed by atoms with Gasteiger partial charge in [-0.1, -0.05) is 6.07 Å². The second-order valence-electron chi connectivity index (χ2n) is 4.53. The molecule has 1 unspecified atom stereocenters. The van der Waals surface area contributed by atoms with Crippen molar-refractivity contribution in [3.8, 4) is 0 Å². The lowest BCUT2D eigenvalue weighted by Crippen LogP contribution is -2.32. The smallest absolute Gasteiger partial charge is 0.403 e. The predicted octanol–water partition coefficient (Wildman–Crippen LogP) is 3.53. The Morgan fingerprint density at radius 1 is 1.32 bits per heavy atom. The van der Waals surface area contributed by atoms with Gasteiger partial charge in [-0.25, -0.2) is 0 Å². The van der Waals surface area contributed by atoms with E-state index in [9.17, 15) is 18.0 Å². The summed E-state index contributed by atoms with van der Waals surface area (Å²) in [6.45, 7) is 0. The van der Waals surface area contributed by atoms with E-state index in [4.69, 9.17) is 5.11 Å². The quantitative estimate of drug-likeness (QED) is 0.862. The molecule has 0 radical (unpaired) electrons. The summed E-state index contributed by atoms with van der Waals surface area (Å²) in [5, 5.41) is 8.61. The molecule has 1 aromatic carbocycles. The predicted molar refractivity (Wildman–Crippen MR) is 66.4 cm³/mol. The van der Waals surface area contributed by atoms with Crippen molar-refractivity contribution in [1.82, 2.24) is 0 Å². The van der Waals surface area contributed by atoms with Crippen LogP contribution in [0.1, 0.15) is 17.5 Å². The van der Waals surface area contributed by atoms with Crippen molar-refractivity contribution in [3.05, 3.63) is 29.3 Å². The van der Waals surface area contributed by atoms with E-state index in [1.165, 1.54) is 11.1 Å². The van der Waals surface area contributed by atoms with E-state index < -0.39 is 23.8 Å². The Bertz CT molecular complexity index is 485. The zero-order chi connectivity index (χ0) is 14.0. The zero-order valence-electron chi connectivity index (χ0n) is 10.0. The number of benzene rings is 1. The fourth-order valence-corrected chi connectivity index (χ4v) is 3.20. The summed E-state index contributed by atoms with van der Waals surface area (Å²) in [7, 11) is 0. The van der Waals surface area contributed by atoms with Crippen LogP contribution in [0, 0.1) is 5.92 Å². The molecular formula is C13H13F3O2S. The molecule has 0 saturated heterocycles. The first-order chi connectivity index (χ1) is 8.88. The molecule has 0 aromatic heterocycles. The van der Waals surface area contributed by atoms with Gasteiger partial charge in [-0.3, -0.25) is 4.79 Å². The van der Waals surface area contributed by atoms with E-state index in [0.717, 1.165) is 31.0 Å². The highest BCUT2D eigenvalue weighted by molar-refractivity contribution is 7.99. The van der Waals surface area contributed by atoms with Gasteiger partial charge in [0.25, 0.3) is 0 Å². The Morgan fingerprint density at radius 2 is 2.00 bits per heavy atom. The van der Waals surface area contributed by atoms with E-state index in [1.807, 2.05) is 12.1 Å². The van der Waals surface area contributed by atoms with Crippen LogP contribution >= 0.6 is 11.8 Å². The lowest BCUT2D eigenvalue weighted by Gasteiger charge is -2.15. The van der Waals surface area contributed by atoms with Crippen LogP contribution in [0.5, 0.6) is 0 Å². The summed E-state index contributed by atoms with van der Waals surface area (Å²) in [6.07, 6.45) is -1.66. The number of carbonyl (C=O) groups is 1. The summed E-state index contributed by atoms with van der Waals surface area (Å²) in [6, 6.07) is 5.57. The summed E-state index contributed by atoms with van der Waals surface area (Å²) < 4.78 is 37.5. The second kappa shape index (κ2) is 5.45. The molecule has 2 rings (SSSR count). The molecule has 2 nitrogen and oxygen atoms in total. The Labute approximate surface area is 113 Å². The average Bonchev–Trinajstić information content (AvgIpc) is 2.73. The van der Waals surface area contributed by atoms with Gasteiger partial charge in [0.15, 0.2) is 5.92 Å². The zero-order valence-corrected chi connectivity index (χ0v) is 10.9. The topological polar surface area (TPSA) is 37.3 Å². The molecular weight excluding hydrogens is 277 g/mol. The Balaban J connectivity index is 2.03. The number of aliphatic carboxylic acids is 1. The second-order valence-corrected chi connectivity index (χ2v) is 5.62. The van der Waals surface area contributed by atoms with Crippen molar-refractivity contribution in [2.45, 2.75) is 30.3 Å². The highest BCUT2D eigenvalue weighted by Crippen LogP contribution is 2.33. The van der Waals surface area contributed by atoms with E-state index in [-0.39, 0.29) is 0 Å². The van der Waals surface area contributed by atoms with Crippen molar-refractivity contribution in [1.29, 1.82) is 0 Å². The lowest BCUT2D eigenvalue weighted by molar-refractivity contribution is -0.188. The standard InChI is InChI=1S/C13H13F3O2S/c14-13(15,16)11(12(17)18)7-19-10-5-4-8-2-1-3-9(8)6-10/h4-6,11H,1-3,7H2,(H,17,18). The molecule has 0 saturated carbocycles. The number of carboxylic acids is 1. The minimum Gasteiger partial charge on any atom is -0.481 e. The van der Waals surface area contributed by atoms with Gasteiger partial charge in [0.1, 0.15) is 0 Å². The average molecular weight is 290 g/mol. The highest BCUT2D eigenvalue weighted by Gasteiger charge is 2.44. The Hall–Kier alpha value is -1.17. The first-order valence-corrected chi connectivity index (χ1v) is 6.90. The van der Waals surface area contributed by atoms with Crippen LogP contribution in [0.15, 0.2) is 23.1 Å². The molecule has 6 heteroatoms. The summed E-state index contributed by atoms with van der Waals surface area (Å²) in [5.74, 6) is -4.62. The summed E-state index contributed by atoms with van der Waals surface area (Å²) in [5.41, 5.74) is 2.42. The third kappa shape index (κ3) is 3.43. The molecule has 0 fully saturated rings. The minimum atomic E-state index is -4.70. The van der Waals surface area contributed by atoms with Gasteiger partial charge < -0.3 is 5.11 Å². The molecule has 0 amide bonds. The third-order valence-corrected chi connectivity index (χ3v) is 4.27. The number of carboxylic acid groups (broad SMARTS) is 1. The number of hydrogen-bond donors (Lipinski definition) is 1. The van der Waals surface area contributed by atoms with Crippen molar-refractivity contribution in [2.75, 3.05) is 5.75 Å². The molecule has 0 aliphatic heterocycles. The molecule has 0 spiro atoms. The van der Waals surface area contributed by atoms with Crippen LogP contribution < -0.4 is 0 Å². The minimum absolute atomic E-state index is 0.488. The molecule has 1 aromatic rings. The maximum atomic E-state index is 12.5. The van der Waals surface area contributed by atoms with Gasteiger partial charge in [-0.05, 0) is 42.5 Å². The van der Waals surface area contributed by atoms with Crippen LogP contribution in [0.3, 0.4) is 0 Å². The third-order valence-electron chi connectivity index (χ3n) is 3.18. The molecule has 1 atom stereocenters. The van der Waals surface area contributed by atoms with Crippen LogP contribution in [0.2, 0.25) is 0 Å². The number of rotatable bonds is 4. The number of thioether (sulfide) groups is 1. The molecule has 1 aliphatic carbocycles. The van der Waals surface area contributed by atoms with Gasteiger partial charge in [-0.15, -0.1) is 11.8 Å². The van der Waals surface area contributed by atoms with Crippen molar-refractivity contribution in [2.24, 2.45) is 5.92 Å². The van der Waals surface area contributed by atoms with Crippen LogP contribution in [0.4, 0.5) is 13.2 Å². The first-order valence-electron chi connectivity index (χ1n) is 5.92. The van der Waals surface area contributed by atoms with Gasteiger partial charge in [0, 0.05) is 10.6 Å². The number of alkyl halides is 3. The van der Waals surface area contributed by atoms with Crippen molar-refractivity contribution >= 4 is 17.7 Å². The normalized spacial score (nSPS) is 16.2. The van der Waals surface area contributed by atoms with E-state index >= 15 is 0 Å². The monoisotopic (exact) mass is 290 g/mol. The maximum Gasteiger partial charge on any atom is 0.403 e. The number of hydrogen-bond acceptors (Lipinski definition) is 2. The van der Waals surface area contributed by atoms with Crippen LogP contribution in [-0.4, -0.2) is 23.0 Å². The Kier molecular flexibility index (Phi) is 4.08. The van der Waals surface area contributed by atoms with Crippen molar-refractivity contribution < 1.29 is 23.1 Å².